The Labute approximate surface area is 164 Å². The first-order valence-corrected chi connectivity index (χ1v) is 10.3. The Morgan fingerprint density at radius 3 is 2.54 bits per heavy atom. The van der Waals surface area contributed by atoms with E-state index in [-0.39, 0.29) is 23.2 Å². The molecule has 1 amide bonds. The Kier molecular flexibility index (Phi) is 6.31. The molecule has 0 aliphatic heterocycles. The van der Waals surface area contributed by atoms with Gasteiger partial charge >= 0.3 is 10.1 Å². The average molecular weight is 407 g/mol. The topological polar surface area (TPSA) is 72.9 Å². The summed E-state index contributed by atoms with van der Waals surface area (Å²) in [5.41, 5.74) is 0.747. The van der Waals surface area contributed by atoms with Gasteiger partial charge in [0.25, 0.3) is 0 Å². The summed E-state index contributed by atoms with van der Waals surface area (Å²) >= 11 is 0. The lowest BCUT2D eigenvalue weighted by Crippen LogP contribution is -2.35. The van der Waals surface area contributed by atoms with Crippen LogP contribution in [0.25, 0.3) is 0 Å². The number of halogens is 1. The van der Waals surface area contributed by atoms with Crippen molar-refractivity contribution in [3.05, 3.63) is 59.9 Å². The minimum atomic E-state index is -4.08. The van der Waals surface area contributed by atoms with E-state index in [4.69, 9.17) is 8.92 Å². The van der Waals surface area contributed by atoms with Crippen LogP contribution in [0.15, 0.2) is 53.4 Å². The fourth-order valence-electron chi connectivity index (χ4n) is 2.77. The molecule has 2 aromatic carbocycles. The number of amides is 1. The quantitative estimate of drug-likeness (QED) is 0.598. The summed E-state index contributed by atoms with van der Waals surface area (Å²) in [6, 6.07) is 11.0. The Hall–Kier alpha value is -2.45. The van der Waals surface area contributed by atoms with Crippen molar-refractivity contribution in [3.63, 3.8) is 0 Å². The van der Waals surface area contributed by atoms with Crippen LogP contribution in [0.2, 0.25) is 0 Å². The molecule has 6 nitrogen and oxygen atoms in total. The highest BCUT2D eigenvalue weighted by Gasteiger charge is 2.27. The summed E-state index contributed by atoms with van der Waals surface area (Å²) in [5.74, 6) is 0.00330. The monoisotopic (exact) mass is 407 g/mol. The molecule has 3 rings (SSSR count). The van der Waals surface area contributed by atoms with Crippen LogP contribution < -0.4 is 4.18 Å². The predicted octanol–water partition coefficient (Wildman–Crippen LogP) is 2.98. The van der Waals surface area contributed by atoms with E-state index in [2.05, 4.69) is 0 Å². The number of rotatable bonds is 9. The van der Waals surface area contributed by atoms with Crippen molar-refractivity contribution in [1.29, 1.82) is 0 Å². The number of hydrogen-bond acceptors (Lipinski definition) is 5. The van der Waals surface area contributed by atoms with Crippen molar-refractivity contribution in [2.45, 2.75) is 24.3 Å². The van der Waals surface area contributed by atoms with Crippen LogP contribution in [-0.2, 0) is 26.2 Å². The van der Waals surface area contributed by atoms with E-state index in [1.807, 2.05) is 0 Å². The lowest BCUT2D eigenvalue weighted by atomic mass is 10.2. The van der Waals surface area contributed by atoms with Crippen LogP contribution in [0, 0.1) is 11.7 Å². The zero-order valence-corrected chi connectivity index (χ0v) is 16.3. The van der Waals surface area contributed by atoms with Crippen molar-refractivity contribution in [2.75, 3.05) is 20.3 Å². The maximum atomic E-state index is 13.0. The summed E-state index contributed by atoms with van der Waals surface area (Å²) in [7, 11) is -2.60. The summed E-state index contributed by atoms with van der Waals surface area (Å²) in [4.78, 5) is 13.9. The van der Waals surface area contributed by atoms with Gasteiger partial charge in [-0.2, -0.15) is 8.42 Å². The Balaban J connectivity index is 1.73. The van der Waals surface area contributed by atoms with Crippen LogP contribution in [0.3, 0.4) is 0 Å². The molecule has 0 saturated heterocycles. The van der Waals surface area contributed by atoms with Crippen molar-refractivity contribution >= 4 is 16.0 Å². The molecule has 8 heteroatoms. The predicted molar refractivity (Wildman–Crippen MR) is 101 cm³/mol. The molecule has 0 spiro atoms. The number of carbonyl (C=O) groups is 1. The second-order valence-corrected chi connectivity index (χ2v) is 8.34. The molecular formula is C20H22FNO5S. The lowest BCUT2D eigenvalue weighted by Gasteiger charge is -2.22. The SMILES string of the molecule is COCC(=O)N(Cc1cccc(OS(=O)(=O)c2ccc(F)cc2)c1)CC1CC1. The molecule has 0 radical (unpaired) electrons. The van der Waals surface area contributed by atoms with E-state index < -0.39 is 15.9 Å². The molecule has 0 bridgehead atoms. The van der Waals surface area contributed by atoms with Gasteiger partial charge < -0.3 is 13.8 Å². The maximum Gasteiger partial charge on any atom is 0.339 e. The molecule has 2 aromatic rings. The standard InChI is InChI=1S/C20H22FNO5S/c1-26-14-20(23)22(12-15-5-6-15)13-16-3-2-4-18(11-16)27-28(24,25)19-9-7-17(21)8-10-19/h2-4,7-11,15H,5-6,12-14H2,1H3. The molecule has 150 valence electrons. The number of hydrogen-bond donors (Lipinski definition) is 0. The van der Waals surface area contributed by atoms with Gasteiger partial charge in [-0.05, 0) is 60.7 Å². The van der Waals surface area contributed by atoms with Crippen LogP contribution in [0.5, 0.6) is 5.75 Å². The third kappa shape index (κ3) is 5.53. The fraction of sp³-hybridized carbons (Fsp3) is 0.350. The average Bonchev–Trinajstić information content (AvgIpc) is 3.46. The van der Waals surface area contributed by atoms with Gasteiger partial charge in [0.05, 0.1) is 0 Å². The zero-order chi connectivity index (χ0) is 20.1. The van der Waals surface area contributed by atoms with Crippen molar-refractivity contribution in [1.82, 2.24) is 4.90 Å². The lowest BCUT2D eigenvalue weighted by molar-refractivity contribution is -0.136. The molecule has 0 N–H and O–H groups in total. The first kappa shape index (κ1) is 20.3. The Morgan fingerprint density at radius 1 is 1.18 bits per heavy atom. The Bertz CT molecular complexity index is 926. The summed E-state index contributed by atoms with van der Waals surface area (Å²) in [5, 5.41) is 0. The van der Waals surface area contributed by atoms with Gasteiger partial charge in [-0.15, -0.1) is 0 Å². The van der Waals surface area contributed by atoms with E-state index in [0.717, 1.165) is 42.7 Å². The molecular weight excluding hydrogens is 385 g/mol. The summed E-state index contributed by atoms with van der Waals surface area (Å²) in [6.45, 7) is 0.996. The maximum absolute atomic E-state index is 13.0. The molecule has 1 fully saturated rings. The number of ether oxygens (including phenoxy) is 1. The Morgan fingerprint density at radius 2 is 1.89 bits per heavy atom. The highest BCUT2D eigenvalue weighted by atomic mass is 32.2. The highest BCUT2D eigenvalue weighted by Crippen LogP contribution is 2.30. The van der Waals surface area contributed by atoms with Crippen molar-refractivity contribution < 1.29 is 26.5 Å². The minimum absolute atomic E-state index is 0.00184. The van der Waals surface area contributed by atoms with Gasteiger partial charge in [0, 0.05) is 20.2 Å². The van der Waals surface area contributed by atoms with Crippen molar-refractivity contribution in [2.24, 2.45) is 5.92 Å². The fourth-order valence-corrected chi connectivity index (χ4v) is 3.70. The number of methoxy groups -OCH3 is 1. The molecule has 0 unspecified atom stereocenters. The highest BCUT2D eigenvalue weighted by molar-refractivity contribution is 7.87. The zero-order valence-electron chi connectivity index (χ0n) is 15.5. The molecule has 28 heavy (non-hydrogen) atoms. The first-order valence-electron chi connectivity index (χ1n) is 8.93. The largest absolute Gasteiger partial charge is 0.379 e. The van der Waals surface area contributed by atoms with E-state index in [0.29, 0.717) is 19.0 Å². The van der Waals surface area contributed by atoms with Gasteiger partial charge in [-0.1, -0.05) is 12.1 Å². The van der Waals surface area contributed by atoms with E-state index >= 15 is 0 Å². The van der Waals surface area contributed by atoms with Gasteiger partial charge in [0.1, 0.15) is 23.1 Å². The third-order valence-corrected chi connectivity index (χ3v) is 5.64. The molecule has 1 aliphatic rings. The van der Waals surface area contributed by atoms with E-state index in [9.17, 15) is 17.6 Å². The van der Waals surface area contributed by atoms with Gasteiger partial charge in [0.15, 0.2) is 0 Å². The minimum Gasteiger partial charge on any atom is -0.379 e. The number of nitrogens with zero attached hydrogens (tertiary/aromatic N) is 1. The number of benzene rings is 2. The van der Waals surface area contributed by atoms with Gasteiger partial charge in [0.2, 0.25) is 5.91 Å². The first-order chi connectivity index (χ1) is 13.4. The van der Waals surface area contributed by atoms with Crippen LogP contribution in [-0.4, -0.2) is 39.5 Å². The van der Waals surface area contributed by atoms with Gasteiger partial charge in [-0.25, -0.2) is 4.39 Å². The number of carbonyl (C=O) groups excluding carboxylic acids is 1. The molecule has 1 aliphatic carbocycles. The molecule has 0 heterocycles. The second kappa shape index (κ2) is 8.70. The van der Waals surface area contributed by atoms with Gasteiger partial charge in [-0.3, -0.25) is 4.79 Å². The molecule has 0 atom stereocenters. The van der Waals surface area contributed by atoms with Crippen LogP contribution in [0.1, 0.15) is 18.4 Å². The van der Waals surface area contributed by atoms with E-state index in [1.165, 1.54) is 13.2 Å². The van der Waals surface area contributed by atoms with Crippen LogP contribution >= 0.6 is 0 Å². The second-order valence-electron chi connectivity index (χ2n) is 6.79. The summed E-state index contributed by atoms with van der Waals surface area (Å²) in [6.07, 6.45) is 2.21. The third-order valence-electron chi connectivity index (χ3n) is 4.38. The van der Waals surface area contributed by atoms with E-state index in [1.54, 1.807) is 23.1 Å². The normalized spacial score (nSPS) is 13.9. The molecule has 1 saturated carbocycles. The van der Waals surface area contributed by atoms with Crippen LogP contribution in [0.4, 0.5) is 4.39 Å². The smallest absolute Gasteiger partial charge is 0.339 e. The summed E-state index contributed by atoms with van der Waals surface area (Å²) < 4.78 is 47.9. The molecule has 0 aromatic heterocycles. The van der Waals surface area contributed by atoms with Crippen molar-refractivity contribution in [3.8, 4) is 5.75 Å².